The lowest BCUT2D eigenvalue weighted by Gasteiger charge is -2.30. The van der Waals surface area contributed by atoms with Gasteiger partial charge < -0.3 is 14.2 Å². The number of aldehydes is 1. The van der Waals surface area contributed by atoms with Crippen molar-refractivity contribution in [2.45, 2.75) is 12.2 Å². The van der Waals surface area contributed by atoms with Gasteiger partial charge in [-0.05, 0) is 36.4 Å². The van der Waals surface area contributed by atoms with Gasteiger partial charge in [-0.15, -0.1) is 0 Å². The van der Waals surface area contributed by atoms with Crippen molar-refractivity contribution in [1.82, 2.24) is 0 Å². The Kier molecular flexibility index (Phi) is 9.89. The molecule has 0 amide bonds. The molecule has 0 spiro atoms. The average molecular weight is 539 g/mol. The van der Waals surface area contributed by atoms with Crippen molar-refractivity contribution in [2.75, 3.05) is 18.6 Å². The third-order valence-electron chi connectivity index (χ3n) is 5.38. The molecule has 0 aliphatic heterocycles. The quantitative estimate of drug-likeness (QED) is 0.194. The van der Waals surface area contributed by atoms with Crippen LogP contribution in [0.5, 0.6) is 0 Å². The number of rotatable bonds is 12. The summed E-state index contributed by atoms with van der Waals surface area (Å²) in [6.45, 7) is -0.541. The lowest BCUT2D eigenvalue weighted by atomic mass is 10.00. The summed E-state index contributed by atoms with van der Waals surface area (Å²) in [6.07, 6.45) is -2.09. The second kappa shape index (κ2) is 13.3. The number of hydrogen-bond donors (Lipinski definition) is 0. The molecule has 3 rings (SSSR count). The number of benzene rings is 3. The smallest absolute Gasteiger partial charge is 0.338 e. The Balaban J connectivity index is 1.93. The van der Waals surface area contributed by atoms with E-state index in [1.54, 1.807) is 54.6 Å². The van der Waals surface area contributed by atoms with Crippen LogP contribution in [0.3, 0.4) is 0 Å². The number of carbonyl (C=O) groups excluding carboxylic acids is 4. The normalized spacial score (nSPS) is 13.4. The van der Waals surface area contributed by atoms with Crippen LogP contribution in [0.1, 0.15) is 31.1 Å². The summed E-state index contributed by atoms with van der Waals surface area (Å²) in [5.41, 5.74) is 0.462. The van der Waals surface area contributed by atoms with Gasteiger partial charge in [-0.1, -0.05) is 54.6 Å². The molecule has 0 saturated heterocycles. The van der Waals surface area contributed by atoms with Crippen LogP contribution < -0.4 is 0 Å². The highest BCUT2D eigenvalue weighted by Crippen LogP contribution is 2.21. The summed E-state index contributed by atoms with van der Waals surface area (Å²) in [5, 5.41) is 0. The maximum atomic E-state index is 12.9. The number of esters is 3. The predicted molar refractivity (Wildman–Crippen MR) is 137 cm³/mol. The van der Waals surface area contributed by atoms with Gasteiger partial charge in [0.25, 0.3) is 0 Å². The minimum atomic E-state index is -3.74. The molecule has 0 saturated carbocycles. The van der Waals surface area contributed by atoms with E-state index in [2.05, 4.69) is 0 Å². The van der Waals surface area contributed by atoms with E-state index in [1.807, 2.05) is 0 Å². The van der Waals surface area contributed by atoms with Gasteiger partial charge in [0.2, 0.25) is 0 Å². The van der Waals surface area contributed by atoms with Crippen LogP contribution in [-0.4, -0.2) is 63.4 Å². The zero-order chi connectivity index (χ0) is 27.5. The molecule has 0 aliphatic carbocycles. The molecular weight excluding hydrogens is 512 g/mol. The molecule has 9 nitrogen and oxygen atoms in total. The molecule has 0 fully saturated rings. The van der Waals surface area contributed by atoms with E-state index in [4.69, 9.17) is 14.2 Å². The van der Waals surface area contributed by atoms with Gasteiger partial charge in [-0.2, -0.15) is 0 Å². The minimum absolute atomic E-state index is 0.121. The summed E-state index contributed by atoms with van der Waals surface area (Å²) in [4.78, 5) is 50.3. The largest absolute Gasteiger partial charge is 0.462 e. The number of sulfone groups is 1. The summed E-state index contributed by atoms with van der Waals surface area (Å²) in [5.74, 6) is -4.39. The van der Waals surface area contributed by atoms with Gasteiger partial charge in [0.1, 0.15) is 9.84 Å². The highest BCUT2D eigenvalue weighted by atomic mass is 32.2. The van der Waals surface area contributed by atoms with Crippen molar-refractivity contribution < 1.29 is 41.8 Å². The maximum Gasteiger partial charge on any atom is 0.338 e. The molecule has 10 heteroatoms. The Morgan fingerprint density at radius 1 is 0.711 bits per heavy atom. The first-order valence-electron chi connectivity index (χ1n) is 11.5. The van der Waals surface area contributed by atoms with Gasteiger partial charge in [-0.3, -0.25) is 4.79 Å². The molecule has 0 heterocycles. The molecule has 3 aromatic rings. The fourth-order valence-electron chi connectivity index (χ4n) is 3.60. The average Bonchev–Trinajstić information content (AvgIpc) is 2.93. The summed E-state index contributed by atoms with van der Waals surface area (Å²) in [7, 11) is -3.74. The van der Waals surface area contributed by atoms with E-state index in [0.29, 0.717) is 0 Å². The molecule has 3 aromatic carbocycles. The van der Waals surface area contributed by atoms with Crippen molar-refractivity contribution in [3.63, 3.8) is 0 Å². The molecular formula is C28H26O9S. The van der Waals surface area contributed by atoms with E-state index >= 15 is 0 Å². The molecule has 198 valence electrons. The Morgan fingerprint density at radius 2 is 1.13 bits per heavy atom. The topological polar surface area (TPSA) is 130 Å². The minimum Gasteiger partial charge on any atom is -0.462 e. The molecule has 0 bridgehead atoms. The van der Waals surface area contributed by atoms with Gasteiger partial charge in [0.15, 0.2) is 18.5 Å². The first-order valence-corrected chi connectivity index (χ1v) is 13.6. The summed E-state index contributed by atoms with van der Waals surface area (Å²) < 4.78 is 40.8. The van der Waals surface area contributed by atoms with E-state index in [0.717, 1.165) is 6.26 Å². The fourth-order valence-corrected chi connectivity index (χ4v) is 4.67. The van der Waals surface area contributed by atoms with Gasteiger partial charge in [0, 0.05) is 12.2 Å². The second-order valence-corrected chi connectivity index (χ2v) is 10.6. The Morgan fingerprint density at radius 3 is 1.55 bits per heavy atom. The first kappa shape index (κ1) is 28.3. The highest BCUT2D eigenvalue weighted by molar-refractivity contribution is 7.90. The highest BCUT2D eigenvalue weighted by Gasteiger charge is 2.39. The van der Waals surface area contributed by atoms with Gasteiger partial charge in [-0.25, -0.2) is 22.8 Å². The number of hydrogen-bond acceptors (Lipinski definition) is 9. The van der Waals surface area contributed by atoms with Gasteiger partial charge in [0.05, 0.1) is 29.1 Å². The van der Waals surface area contributed by atoms with Crippen molar-refractivity contribution in [3.8, 4) is 0 Å². The van der Waals surface area contributed by atoms with Crippen LogP contribution in [0.25, 0.3) is 0 Å². The zero-order valence-electron chi connectivity index (χ0n) is 20.5. The van der Waals surface area contributed by atoms with Crippen LogP contribution in [0.4, 0.5) is 0 Å². The molecule has 38 heavy (non-hydrogen) atoms. The van der Waals surface area contributed by atoms with E-state index in [9.17, 15) is 27.6 Å². The van der Waals surface area contributed by atoms with Crippen LogP contribution in [0, 0.1) is 5.92 Å². The second-order valence-electron chi connectivity index (χ2n) is 8.42. The molecule has 0 unspecified atom stereocenters. The lowest BCUT2D eigenvalue weighted by molar-refractivity contribution is -0.124. The van der Waals surface area contributed by atoms with Crippen molar-refractivity contribution in [3.05, 3.63) is 108 Å². The Labute approximate surface area is 220 Å². The molecule has 3 atom stereocenters. The number of ether oxygens (including phenoxy) is 3. The van der Waals surface area contributed by atoms with Gasteiger partial charge >= 0.3 is 17.9 Å². The Hall–Kier alpha value is -4.31. The monoisotopic (exact) mass is 538 g/mol. The predicted octanol–water partition coefficient (Wildman–Crippen LogP) is 3.15. The van der Waals surface area contributed by atoms with Crippen molar-refractivity contribution >= 4 is 34.0 Å². The molecule has 0 aromatic heterocycles. The lowest BCUT2D eigenvalue weighted by Crippen LogP contribution is -2.46. The van der Waals surface area contributed by atoms with Crippen molar-refractivity contribution in [2.24, 2.45) is 5.92 Å². The maximum absolute atomic E-state index is 12.9. The van der Waals surface area contributed by atoms with E-state index < -0.39 is 58.2 Å². The molecule has 0 N–H and O–H groups in total. The number of carbonyl (C=O) groups is 4. The summed E-state index contributed by atoms with van der Waals surface area (Å²) >= 11 is 0. The SMILES string of the molecule is CS(=O)(=O)C[C@@H](COC(=O)c1ccccc1)[C@@H](OC(=O)c1ccccc1)[C@H](C=O)OC(=O)c1ccccc1. The zero-order valence-corrected chi connectivity index (χ0v) is 21.3. The van der Waals surface area contributed by atoms with Crippen LogP contribution in [0.2, 0.25) is 0 Å². The fraction of sp³-hybridized carbons (Fsp3) is 0.214. The summed E-state index contributed by atoms with van der Waals surface area (Å²) in [6, 6.07) is 23.6. The third kappa shape index (κ3) is 8.38. The molecule has 0 aliphatic rings. The molecule has 0 radical (unpaired) electrons. The Bertz CT molecular complexity index is 1340. The van der Waals surface area contributed by atoms with Crippen molar-refractivity contribution in [1.29, 1.82) is 0 Å². The third-order valence-corrected chi connectivity index (χ3v) is 6.42. The van der Waals surface area contributed by atoms with Crippen LogP contribution in [0.15, 0.2) is 91.0 Å². The van der Waals surface area contributed by atoms with E-state index in [-0.39, 0.29) is 23.0 Å². The van der Waals surface area contributed by atoms with E-state index in [1.165, 1.54) is 36.4 Å². The van der Waals surface area contributed by atoms with Crippen LogP contribution >= 0.6 is 0 Å². The first-order chi connectivity index (χ1) is 18.2. The van der Waals surface area contributed by atoms with Crippen LogP contribution in [-0.2, 0) is 28.8 Å². The standard InChI is InChI=1S/C28H26O9S/c1-38(33,34)19-23(18-35-26(30)20-11-5-2-6-12-20)25(37-28(32)22-15-9-4-10-16-22)24(17-29)36-27(31)21-13-7-3-8-14-21/h2-17,23-25H,18-19H2,1H3/t23-,24+,25-/m1/s1.